The number of hydrogen-bond acceptors (Lipinski definition) is 4. The maximum atomic E-state index is 12.4. The number of halogens is 1. The fraction of sp³-hybridized carbons (Fsp3) is 0.579. The number of alkyl carbamates (subject to hydrolysis) is 1. The molecule has 1 fully saturated rings. The molecule has 1 heterocycles. The molecule has 1 aromatic rings. The summed E-state index contributed by atoms with van der Waals surface area (Å²) in [5, 5.41) is 6.53. The first-order valence-corrected chi connectivity index (χ1v) is 9.20. The number of carbonyl (C=O) groups is 2. The number of amides is 2. The largest absolute Gasteiger partial charge is 0.444 e. The smallest absolute Gasteiger partial charge is 0.408 e. The summed E-state index contributed by atoms with van der Waals surface area (Å²) in [6, 6.07) is 6.72. The van der Waals surface area contributed by atoms with Gasteiger partial charge in [0.25, 0.3) is 5.91 Å². The average molecular weight is 382 g/mol. The Hall–Kier alpha value is -1.79. The van der Waals surface area contributed by atoms with Gasteiger partial charge in [0, 0.05) is 30.2 Å². The van der Waals surface area contributed by atoms with Gasteiger partial charge in [0.1, 0.15) is 5.60 Å². The number of nitrogens with zero attached hydrogens (tertiary/aromatic N) is 1. The van der Waals surface area contributed by atoms with Crippen molar-refractivity contribution in [2.24, 2.45) is 0 Å². The molecule has 0 aromatic heterocycles. The monoisotopic (exact) mass is 381 g/mol. The summed E-state index contributed by atoms with van der Waals surface area (Å²) < 4.78 is 5.41. The normalized spacial score (nSPS) is 17.4. The molecule has 0 radical (unpaired) electrons. The van der Waals surface area contributed by atoms with Crippen LogP contribution in [-0.4, -0.2) is 54.7 Å². The number of piperidine rings is 1. The molecule has 0 bridgehead atoms. The van der Waals surface area contributed by atoms with Crippen molar-refractivity contribution in [3.05, 3.63) is 34.9 Å². The van der Waals surface area contributed by atoms with E-state index in [1.165, 1.54) is 0 Å². The van der Waals surface area contributed by atoms with Crippen molar-refractivity contribution < 1.29 is 14.3 Å². The summed E-state index contributed by atoms with van der Waals surface area (Å²) in [7, 11) is 2.05. The highest BCUT2D eigenvalue weighted by Crippen LogP contribution is 2.22. The van der Waals surface area contributed by atoms with Crippen LogP contribution >= 0.6 is 11.6 Å². The maximum absolute atomic E-state index is 12.4. The van der Waals surface area contributed by atoms with Crippen LogP contribution in [0.15, 0.2) is 24.3 Å². The number of hydrogen-bond donors (Lipinski definition) is 2. The van der Waals surface area contributed by atoms with E-state index in [0.717, 1.165) is 25.9 Å². The van der Waals surface area contributed by atoms with Gasteiger partial charge < -0.3 is 20.3 Å². The van der Waals surface area contributed by atoms with E-state index in [9.17, 15) is 9.59 Å². The first-order valence-electron chi connectivity index (χ1n) is 8.82. The third kappa shape index (κ3) is 6.18. The zero-order chi connectivity index (χ0) is 19.4. The van der Waals surface area contributed by atoms with E-state index >= 15 is 0 Å². The summed E-state index contributed by atoms with van der Waals surface area (Å²) in [6.07, 6.45) is 1.02. The topological polar surface area (TPSA) is 70.7 Å². The molecule has 2 N–H and O–H groups in total. The Kier molecular flexibility index (Phi) is 6.53. The Morgan fingerprint density at radius 1 is 1.19 bits per heavy atom. The number of nitrogens with one attached hydrogen (secondary N) is 2. The summed E-state index contributed by atoms with van der Waals surface area (Å²) in [5.41, 5.74) is -0.546. The van der Waals surface area contributed by atoms with Gasteiger partial charge in [-0.3, -0.25) is 4.79 Å². The van der Waals surface area contributed by atoms with Crippen LogP contribution in [0.1, 0.15) is 44.0 Å². The highest BCUT2D eigenvalue weighted by molar-refractivity contribution is 6.30. The molecule has 1 aliphatic rings. The number of ether oxygens (including phenoxy) is 1. The second-order valence-electron chi connectivity index (χ2n) is 7.90. The second-order valence-corrected chi connectivity index (χ2v) is 8.34. The Bertz CT molecular complexity index is 632. The molecule has 1 aliphatic heterocycles. The van der Waals surface area contributed by atoms with E-state index in [4.69, 9.17) is 16.3 Å². The molecular weight excluding hydrogens is 354 g/mol. The molecule has 144 valence electrons. The number of likely N-dealkylation sites (tertiary alicyclic amines) is 1. The highest BCUT2D eigenvalue weighted by atomic mass is 35.5. The van der Waals surface area contributed by atoms with E-state index < -0.39 is 17.2 Å². The third-order valence-electron chi connectivity index (χ3n) is 4.40. The highest BCUT2D eigenvalue weighted by Gasteiger charge is 2.37. The van der Waals surface area contributed by atoms with Gasteiger partial charge in [0.15, 0.2) is 0 Å². The zero-order valence-corrected chi connectivity index (χ0v) is 16.7. The van der Waals surface area contributed by atoms with Crippen LogP contribution in [0.4, 0.5) is 4.79 Å². The van der Waals surface area contributed by atoms with Crippen LogP contribution < -0.4 is 10.6 Å². The molecule has 0 aliphatic carbocycles. The van der Waals surface area contributed by atoms with E-state index in [1.807, 2.05) is 27.8 Å². The standard InChI is InChI=1S/C19H28ClN3O3/c1-18(2,3)26-17(25)22-19(9-11-23(4)12-10-19)13-21-16(24)14-5-7-15(20)8-6-14/h5-8H,9-13H2,1-4H3,(H,21,24)(H,22,25). The summed E-state index contributed by atoms with van der Waals surface area (Å²) in [4.78, 5) is 26.9. The molecule has 2 rings (SSSR count). The lowest BCUT2D eigenvalue weighted by Crippen LogP contribution is -2.60. The molecule has 26 heavy (non-hydrogen) atoms. The minimum absolute atomic E-state index is 0.189. The van der Waals surface area contributed by atoms with E-state index in [2.05, 4.69) is 15.5 Å². The summed E-state index contributed by atoms with van der Waals surface area (Å²) in [6.45, 7) is 7.52. The average Bonchev–Trinajstić information content (AvgIpc) is 2.54. The summed E-state index contributed by atoms with van der Waals surface area (Å²) in [5.74, 6) is -0.189. The lowest BCUT2D eigenvalue weighted by Gasteiger charge is -2.41. The van der Waals surface area contributed by atoms with Gasteiger partial charge in [-0.15, -0.1) is 0 Å². The van der Waals surface area contributed by atoms with Crippen LogP contribution in [0, 0.1) is 0 Å². The van der Waals surface area contributed by atoms with Gasteiger partial charge >= 0.3 is 6.09 Å². The number of rotatable bonds is 4. The van der Waals surface area contributed by atoms with Crippen LogP contribution in [0.3, 0.4) is 0 Å². The minimum atomic E-state index is -0.566. The van der Waals surface area contributed by atoms with Gasteiger partial charge in [-0.1, -0.05) is 11.6 Å². The van der Waals surface area contributed by atoms with E-state index in [0.29, 0.717) is 17.1 Å². The van der Waals surface area contributed by atoms with Gasteiger partial charge in [0.2, 0.25) is 0 Å². The summed E-state index contributed by atoms with van der Waals surface area (Å²) >= 11 is 5.86. The number of benzene rings is 1. The van der Waals surface area contributed by atoms with Gasteiger partial charge in [0.05, 0.1) is 5.54 Å². The molecule has 7 heteroatoms. The second kappa shape index (κ2) is 8.27. The molecule has 6 nitrogen and oxygen atoms in total. The minimum Gasteiger partial charge on any atom is -0.444 e. The lowest BCUT2D eigenvalue weighted by atomic mass is 9.87. The maximum Gasteiger partial charge on any atom is 0.408 e. The SMILES string of the molecule is CN1CCC(CNC(=O)c2ccc(Cl)cc2)(NC(=O)OC(C)(C)C)CC1. The van der Waals surface area contributed by atoms with Gasteiger partial charge in [-0.25, -0.2) is 4.79 Å². The van der Waals surface area contributed by atoms with Crippen molar-refractivity contribution in [2.75, 3.05) is 26.7 Å². The van der Waals surface area contributed by atoms with E-state index in [1.54, 1.807) is 24.3 Å². The van der Waals surface area contributed by atoms with Gasteiger partial charge in [-0.05, 0) is 64.9 Å². The van der Waals surface area contributed by atoms with Crippen molar-refractivity contribution in [2.45, 2.75) is 44.8 Å². The fourth-order valence-electron chi connectivity index (χ4n) is 2.87. The first kappa shape index (κ1) is 20.5. The number of carbonyl (C=O) groups excluding carboxylic acids is 2. The van der Waals surface area contributed by atoms with Crippen molar-refractivity contribution in [1.82, 2.24) is 15.5 Å². The fourth-order valence-corrected chi connectivity index (χ4v) is 2.99. The lowest BCUT2D eigenvalue weighted by molar-refractivity contribution is 0.0391. The molecule has 0 unspecified atom stereocenters. The predicted octanol–water partition coefficient (Wildman–Crippen LogP) is 3.06. The van der Waals surface area contributed by atoms with Crippen molar-refractivity contribution >= 4 is 23.6 Å². The van der Waals surface area contributed by atoms with Crippen molar-refractivity contribution in [3.8, 4) is 0 Å². The van der Waals surface area contributed by atoms with Crippen LogP contribution in [0.2, 0.25) is 5.02 Å². The molecular formula is C19H28ClN3O3. The molecule has 0 spiro atoms. The molecule has 1 aromatic carbocycles. The van der Waals surface area contributed by atoms with Crippen LogP contribution in [0.25, 0.3) is 0 Å². The molecule has 0 saturated carbocycles. The molecule has 2 amide bonds. The van der Waals surface area contributed by atoms with Crippen LogP contribution in [-0.2, 0) is 4.74 Å². The molecule has 0 atom stereocenters. The third-order valence-corrected chi connectivity index (χ3v) is 4.66. The predicted molar refractivity (Wildman–Crippen MR) is 103 cm³/mol. The molecule has 1 saturated heterocycles. The van der Waals surface area contributed by atoms with Gasteiger partial charge in [-0.2, -0.15) is 0 Å². The Morgan fingerprint density at radius 2 is 1.77 bits per heavy atom. The van der Waals surface area contributed by atoms with E-state index in [-0.39, 0.29) is 5.91 Å². The Labute approximate surface area is 160 Å². The first-order chi connectivity index (χ1) is 12.1. The van der Waals surface area contributed by atoms with Crippen LogP contribution in [0.5, 0.6) is 0 Å². The Morgan fingerprint density at radius 3 is 2.31 bits per heavy atom. The van der Waals surface area contributed by atoms with Crippen molar-refractivity contribution in [1.29, 1.82) is 0 Å². The van der Waals surface area contributed by atoms with Crippen molar-refractivity contribution in [3.63, 3.8) is 0 Å². The quantitative estimate of drug-likeness (QED) is 0.840. The Balaban J connectivity index is 2.03. The zero-order valence-electron chi connectivity index (χ0n) is 15.9.